The van der Waals surface area contributed by atoms with Crippen molar-refractivity contribution in [2.45, 2.75) is 45.1 Å². The van der Waals surface area contributed by atoms with E-state index in [4.69, 9.17) is 0 Å². The molecule has 1 aromatic heterocycles. The van der Waals surface area contributed by atoms with E-state index in [0.717, 1.165) is 31.6 Å². The zero-order valence-corrected chi connectivity index (χ0v) is 9.73. The standard InChI is InChI=1S/C12H18OS/c1-9-5-7-12(13,8-6-9)11-4-3-10(2)14-11/h3-4,9,13H,5-8H2,1-2H3. The largest absolute Gasteiger partial charge is 0.384 e. The van der Waals surface area contributed by atoms with E-state index in [-0.39, 0.29) is 0 Å². The molecule has 0 aliphatic heterocycles. The summed E-state index contributed by atoms with van der Waals surface area (Å²) in [7, 11) is 0. The minimum absolute atomic E-state index is 0.508. The van der Waals surface area contributed by atoms with E-state index in [9.17, 15) is 5.11 Å². The first-order chi connectivity index (χ1) is 6.60. The molecule has 0 aromatic carbocycles. The van der Waals surface area contributed by atoms with E-state index >= 15 is 0 Å². The second-order valence-corrected chi connectivity index (χ2v) is 5.91. The van der Waals surface area contributed by atoms with Gasteiger partial charge in [0.15, 0.2) is 0 Å². The van der Waals surface area contributed by atoms with E-state index in [1.807, 2.05) is 0 Å². The first-order valence-electron chi connectivity index (χ1n) is 5.39. The molecule has 1 nitrogen and oxygen atoms in total. The fourth-order valence-electron chi connectivity index (χ4n) is 2.17. The Kier molecular flexibility index (Phi) is 2.67. The maximum Gasteiger partial charge on any atom is 0.0988 e. The van der Waals surface area contributed by atoms with Crippen molar-refractivity contribution in [3.63, 3.8) is 0 Å². The van der Waals surface area contributed by atoms with Gasteiger partial charge in [0.25, 0.3) is 0 Å². The minimum Gasteiger partial charge on any atom is -0.384 e. The Balaban J connectivity index is 2.16. The molecule has 0 bridgehead atoms. The lowest BCUT2D eigenvalue weighted by atomic mass is 9.79. The molecule has 14 heavy (non-hydrogen) atoms. The summed E-state index contributed by atoms with van der Waals surface area (Å²) in [5, 5.41) is 10.5. The highest BCUT2D eigenvalue weighted by molar-refractivity contribution is 7.12. The molecule has 2 rings (SSSR count). The highest BCUT2D eigenvalue weighted by Crippen LogP contribution is 2.41. The Morgan fingerprint density at radius 3 is 2.50 bits per heavy atom. The third-order valence-electron chi connectivity index (χ3n) is 3.30. The average molecular weight is 210 g/mol. The molecule has 1 fully saturated rings. The molecular formula is C12H18OS. The van der Waals surface area contributed by atoms with Gasteiger partial charge >= 0.3 is 0 Å². The van der Waals surface area contributed by atoms with Crippen LogP contribution in [0.5, 0.6) is 0 Å². The van der Waals surface area contributed by atoms with Crippen LogP contribution in [0, 0.1) is 12.8 Å². The van der Waals surface area contributed by atoms with Crippen molar-refractivity contribution in [2.24, 2.45) is 5.92 Å². The molecule has 0 amide bonds. The Morgan fingerprint density at radius 2 is 2.00 bits per heavy atom. The van der Waals surface area contributed by atoms with Crippen LogP contribution in [0.15, 0.2) is 12.1 Å². The molecule has 0 atom stereocenters. The molecule has 2 heteroatoms. The van der Waals surface area contributed by atoms with Gasteiger partial charge in [0.1, 0.15) is 0 Å². The number of rotatable bonds is 1. The van der Waals surface area contributed by atoms with Crippen LogP contribution >= 0.6 is 11.3 Å². The lowest BCUT2D eigenvalue weighted by Gasteiger charge is -2.34. The zero-order valence-electron chi connectivity index (χ0n) is 8.92. The summed E-state index contributed by atoms with van der Waals surface area (Å²) in [6, 6.07) is 4.20. The zero-order chi connectivity index (χ0) is 10.2. The van der Waals surface area contributed by atoms with Crippen molar-refractivity contribution in [3.8, 4) is 0 Å². The van der Waals surface area contributed by atoms with Crippen LogP contribution in [0.4, 0.5) is 0 Å². The molecular weight excluding hydrogens is 192 g/mol. The van der Waals surface area contributed by atoms with Gasteiger partial charge in [0.05, 0.1) is 5.60 Å². The van der Waals surface area contributed by atoms with Gasteiger partial charge in [0.2, 0.25) is 0 Å². The van der Waals surface area contributed by atoms with Gasteiger partial charge in [-0.2, -0.15) is 0 Å². The van der Waals surface area contributed by atoms with Gasteiger partial charge in [-0.1, -0.05) is 6.92 Å². The molecule has 78 valence electrons. The van der Waals surface area contributed by atoms with Crippen LogP contribution in [0.3, 0.4) is 0 Å². The summed E-state index contributed by atoms with van der Waals surface area (Å²) in [4.78, 5) is 2.47. The maximum atomic E-state index is 10.5. The summed E-state index contributed by atoms with van der Waals surface area (Å²) < 4.78 is 0. The first-order valence-corrected chi connectivity index (χ1v) is 6.21. The van der Waals surface area contributed by atoms with E-state index in [0.29, 0.717) is 0 Å². The second kappa shape index (κ2) is 3.67. The van der Waals surface area contributed by atoms with Gasteiger partial charge in [-0.05, 0) is 50.7 Å². The van der Waals surface area contributed by atoms with E-state index in [1.54, 1.807) is 11.3 Å². The van der Waals surface area contributed by atoms with Crippen molar-refractivity contribution < 1.29 is 5.11 Å². The molecule has 1 aromatic rings. The molecule has 1 N–H and O–H groups in total. The fourth-order valence-corrected chi connectivity index (χ4v) is 3.18. The number of aliphatic hydroxyl groups is 1. The molecule has 1 saturated carbocycles. The normalized spacial score (nSPS) is 33.2. The summed E-state index contributed by atoms with van der Waals surface area (Å²) >= 11 is 1.74. The first kappa shape index (κ1) is 10.2. The number of aryl methyl sites for hydroxylation is 1. The van der Waals surface area contributed by atoms with Crippen LogP contribution in [-0.2, 0) is 5.60 Å². The number of hydrogen-bond donors (Lipinski definition) is 1. The van der Waals surface area contributed by atoms with Crippen LogP contribution in [0.25, 0.3) is 0 Å². The summed E-state index contributed by atoms with van der Waals surface area (Å²) in [5.74, 6) is 0.788. The molecule has 0 unspecified atom stereocenters. The average Bonchev–Trinajstić information content (AvgIpc) is 2.58. The van der Waals surface area contributed by atoms with Crippen molar-refractivity contribution in [1.29, 1.82) is 0 Å². The Bertz CT molecular complexity index is 308. The Labute approximate surface area is 89.8 Å². The molecule has 0 saturated heterocycles. The fraction of sp³-hybridized carbons (Fsp3) is 0.667. The van der Waals surface area contributed by atoms with Crippen LogP contribution < -0.4 is 0 Å². The Morgan fingerprint density at radius 1 is 1.36 bits per heavy atom. The third kappa shape index (κ3) is 1.86. The van der Waals surface area contributed by atoms with Crippen molar-refractivity contribution >= 4 is 11.3 Å². The lowest BCUT2D eigenvalue weighted by Crippen LogP contribution is -2.29. The molecule has 0 radical (unpaired) electrons. The monoisotopic (exact) mass is 210 g/mol. The second-order valence-electron chi connectivity index (χ2n) is 4.62. The van der Waals surface area contributed by atoms with Gasteiger partial charge in [-0.3, -0.25) is 0 Å². The number of thiophene rings is 1. The van der Waals surface area contributed by atoms with Gasteiger partial charge in [-0.25, -0.2) is 0 Å². The lowest BCUT2D eigenvalue weighted by molar-refractivity contribution is -0.00868. The predicted octanol–water partition coefficient (Wildman–Crippen LogP) is 3.45. The highest BCUT2D eigenvalue weighted by Gasteiger charge is 2.34. The van der Waals surface area contributed by atoms with Gasteiger partial charge < -0.3 is 5.11 Å². The van der Waals surface area contributed by atoms with E-state index in [2.05, 4.69) is 26.0 Å². The van der Waals surface area contributed by atoms with Gasteiger partial charge in [0, 0.05) is 9.75 Å². The van der Waals surface area contributed by atoms with Crippen LogP contribution in [-0.4, -0.2) is 5.11 Å². The Hall–Kier alpha value is -0.340. The molecule has 1 aliphatic carbocycles. The smallest absolute Gasteiger partial charge is 0.0988 e. The van der Waals surface area contributed by atoms with Crippen molar-refractivity contribution in [2.75, 3.05) is 0 Å². The van der Waals surface area contributed by atoms with E-state index < -0.39 is 5.60 Å². The summed E-state index contributed by atoms with van der Waals surface area (Å²) in [6.07, 6.45) is 4.20. The predicted molar refractivity (Wildman–Crippen MR) is 60.6 cm³/mol. The molecule has 1 heterocycles. The molecule has 1 aliphatic rings. The van der Waals surface area contributed by atoms with Crippen molar-refractivity contribution in [1.82, 2.24) is 0 Å². The van der Waals surface area contributed by atoms with E-state index in [1.165, 1.54) is 9.75 Å². The van der Waals surface area contributed by atoms with Crippen LogP contribution in [0.1, 0.15) is 42.4 Å². The minimum atomic E-state index is -0.508. The topological polar surface area (TPSA) is 20.2 Å². The van der Waals surface area contributed by atoms with Gasteiger partial charge in [-0.15, -0.1) is 11.3 Å². The third-order valence-corrected chi connectivity index (χ3v) is 4.49. The quantitative estimate of drug-likeness (QED) is 0.752. The SMILES string of the molecule is Cc1ccc(C2(O)CCC(C)CC2)s1. The van der Waals surface area contributed by atoms with Crippen LogP contribution in [0.2, 0.25) is 0 Å². The summed E-state index contributed by atoms with van der Waals surface area (Å²) in [6.45, 7) is 4.38. The maximum absolute atomic E-state index is 10.5. The number of hydrogen-bond acceptors (Lipinski definition) is 2. The van der Waals surface area contributed by atoms with Crippen molar-refractivity contribution in [3.05, 3.63) is 21.9 Å². The molecule has 0 spiro atoms. The summed E-state index contributed by atoms with van der Waals surface area (Å²) in [5.41, 5.74) is -0.508. The highest BCUT2D eigenvalue weighted by atomic mass is 32.1.